The molecule has 1 aliphatic rings. The average Bonchev–Trinajstić information content (AvgIpc) is 1.86. The molecule has 0 unspecified atom stereocenters. The Balaban J connectivity index is 2.64. The number of hydrogen-bond acceptors (Lipinski definition) is 2. The van der Waals surface area contributed by atoms with Crippen molar-refractivity contribution in [2.75, 3.05) is 13.1 Å². The van der Waals surface area contributed by atoms with E-state index in [9.17, 15) is 4.79 Å². The van der Waals surface area contributed by atoms with Crippen LogP contribution >= 0.6 is 0 Å². The first-order chi connectivity index (χ1) is 4.75. The van der Waals surface area contributed by atoms with Gasteiger partial charge in [0, 0.05) is 13.1 Å². The van der Waals surface area contributed by atoms with Crippen LogP contribution in [0.5, 0.6) is 0 Å². The fourth-order valence-corrected chi connectivity index (χ4v) is 1.24. The highest BCUT2D eigenvalue weighted by molar-refractivity contribution is 5.95. The average molecular weight is 139 g/mol. The molecule has 1 rings (SSSR count). The number of hydrogen-bond donors (Lipinski definition) is 1. The Morgan fingerprint density at radius 1 is 1.80 bits per heavy atom. The lowest BCUT2D eigenvalue weighted by molar-refractivity contribution is -0.126. The Bertz CT molecular complexity index is 153. The molecule has 0 bridgehead atoms. The van der Waals surface area contributed by atoms with Gasteiger partial charge in [-0.2, -0.15) is 0 Å². The van der Waals surface area contributed by atoms with Crippen LogP contribution in [0.25, 0.3) is 0 Å². The molecule has 1 fully saturated rings. The third kappa shape index (κ3) is 0.886. The van der Waals surface area contributed by atoms with Gasteiger partial charge in [-0.1, -0.05) is 13.5 Å². The Kier molecular flexibility index (Phi) is 1.90. The van der Waals surface area contributed by atoms with E-state index in [-0.39, 0.29) is 11.2 Å². The molecule has 2 nitrogen and oxygen atoms in total. The third-order valence-corrected chi connectivity index (χ3v) is 2.31. The van der Waals surface area contributed by atoms with Crippen LogP contribution in [0.15, 0.2) is 12.7 Å². The molecule has 0 atom stereocenters. The highest BCUT2D eigenvalue weighted by atomic mass is 16.1. The monoisotopic (exact) mass is 139 g/mol. The van der Waals surface area contributed by atoms with Crippen LogP contribution in [0.1, 0.15) is 13.3 Å². The van der Waals surface area contributed by atoms with Gasteiger partial charge < -0.3 is 5.32 Å². The molecule has 56 valence electrons. The molecule has 2 heteroatoms. The topological polar surface area (TPSA) is 29.1 Å². The van der Waals surface area contributed by atoms with Crippen molar-refractivity contribution in [3.8, 4) is 0 Å². The smallest absolute Gasteiger partial charge is 0.163 e. The van der Waals surface area contributed by atoms with Gasteiger partial charge in [-0.3, -0.25) is 4.79 Å². The molecule has 0 amide bonds. The van der Waals surface area contributed by atoms with Gasteiger partial charge in [0.15, 0.2) is 5.78 Å². The summed E-state index contributed by atoms with van der Waals surface area (Å²) in [6, 6.07) is 0. The van der Waals surface area contributed by atoms with E-state index in [0.29, 0.717) is 0 Å². The summed E-state index contributed by atoms with van der Waals surface area (Å²) in [5.74, 6) is 0.189. The molecule has 0 radical (unpaired) electrons. The van der Waals surface area contributed by atoms with Crippen LogP contribution in [0.2, 0.25) is 0 Å². The standard InChI is InChI=1S/C8H13NO/c1-3-7(10)8(4-2)5-9-6-8/h3,9H,1,4-6H2,2H3. The molecule has 0 aromatic rings. The second kappa shape index (κ2) is 2.54. The van der Waals surface area contributed by atoms with E-state index in [0.717, 1.165) is 19.5 Å². The predicted octanol–water partition coefficient (Wildman–Crippen LogP) is 0.741. The molecule has 1 saturated heterocycles. The van der Waals surface area contributed by atoms with Crippen LogP contribution in [-0.4, -0.2) is 18.9 Å². The van der Waals surface area contributed by atoms with Crippen molar-refractivity contribution >= 4 is 5.78 Å². The predicted molar refractivity (Wildman–Crippen MR) is 40.8 cm³/mol. The van der Waals surface area contributed by atoms with Gasteiger partial charge in [0.05, 0.1) is 5.41 Å². The lowest BCUT2D eigenvalue weighted by Crippen LogP contribution is -2.57. The van der Waals surface area contributed by atoms with Crippen LogP contribution in [0.4, 0.5) is 0 Å². The normalized spacial score (nSPS) is 21.3. The molecule has 0 aromatic carbocycles. The molecule has 1 aliphatic heterocycles. The molecule has 1 heterocycles. The van der Waals surface area contributed by atoms with Crippen molar-refractivity contribution in [2.24, 2.45) is 5.41 Å². The van der Waals surface area contributed by atoms with Crippen molar-refractivity contribution in [1.29, 1.82) is 0 Å². The lowest BCUT2D eigenvalue weighted by Gasteiger charge is -2.39. The maximum Gasteiger partial charge on any atom is 0.163 e. The quantitative estimate of drug-likeness (QED) is 0.584. The van der Waals surface area contributed by atoms with E-state index in [1.54, 1.807) is 0 Å². The fraction of sp³-hybridized carbons (Fsp3) is 0.625. The zero-order chi connectivity index (χ0) is 7.61. The Morgan fingerprint density at radius 3 is 2.50 bits per heavy atom. The van der Waals surface area contributed by atoms with Gasteiger partial charge in [0.2, 0.25) is 0 Å². The van der Waals surface area contributed by atoms with E-state index in [4.69, 9.17) is 0 Å². The van der Waals surface area contributed by atoms with E-state index in [1.165, 1.54) is 6.08 Å². The number of carbonyl (C=O) groups is 1. The van der Waals surface area contributed by atoms with E-state index in [2.05, 4.69) is 11.9 Å². The van der Waals surface area contributed by atoms with Crippen molar-refractivity contribution in [1.82, 2.24) is 5.32 Å². The maximum absolute atomic E-state index is 11.2. The number of allylic oxidation sites excluding steroid dienone is 1. The van der Waals surface area contributed by atoms with E-state index >= 15 is 0 Å². The van der Waals surface area contributed by atoms with Crippen LogP contribution < -0.4 is 5.32 Å². The first-order valence-electron chi connectivity index (χ1n) is 3.63. The zero-order valence-electron chi connectivity index (χ0n) is 6.31. The van der Waals surface area contributed by atoms with Gasteiger partial charge in [0.1, 0.15) is 0 Å². The second-order valence-electron chi connectivity index (χ2n) is 2.81. The molecule has 1 N–H and O–H groups in total. The second-order valence-corrected chi connectivity index (χ2v) is 2.81. The van der Waals surface area contributed by atoms with E-state index < -0.39 is 0 Å². The SMILES string of the molecule is C=CC(=O)C1(CC)CNC1. The molecular weight excluding hydrogens is 126 g/mol. The minimum Gasteiger partial charge on any atom is -0.315 e. The molecule has 0 aliphatic carbocycles. The zero-order valence-corrected chi connectivity index (χ0v) is 6.31. The number of nitrogens with one attached hydrogen (secondary N) is 1. The van der Waals surface area contributed by atoms with Gasteiger partial charge in [0.25, 0.3) is 0 Å². The number of carbonyl (C=O) groups excluding carboxylic acids is 1. The number of ketones is 1. The summed E-state index contributed by atoms with van der Waals surface area (Å²) in [6.07, 6.45) is 2.36. The van der Waals surface area contributed by atoms with Crippen molar-refractivity contribution in [3.05, 3.63) is 12.7 Å². The van der Waals surface area contributed by atoms with Crippen molar-refractivity contribution < 1.29 is 4.79 Å². The first kappa shape index (κ1) is 7.48. The van der Waals surface area contributed by atoms with Gasteiger partial charge in [-0.15, -0.1) is 0 Å². The third-order valence-electron chi connectivity index (χ3n) is 2.31. The minimum atomic E-state index is -0.0955. The Hall–Kier alpha value is -0.630. The summed E-state index contributed by atoms with van der Waals surface area (Å²) >= 11 is 0. The lowest BCUT2D eigenvalue weighted by atomic mass is 9.75. The van der Waals surface area contributed by atoms with Crippen molar-refractivity contribution in [3.63, 3.8) is 0 Å². The van der Waals surface area contributed by atoms with Crippen LogP contribution in [-0.2, 0) is 4.79 Å². The molecular formula is C8H13NO. The summed E-state index contributed by atoms with van der Waals surface area (Å²) in [6.45, 7) is 7.18. The Morgan fingerprint density at radius 2 is 2.40 bits per heavy atom. The van der Waals surface area contributed by atoms with Gasteiger partial charge in [-0.05, 0) is 12.5 Å². The van der Waals surface area contributed by atoms with Gasteiger partial charge in [-0.25, -0.2) is 0 Å². The minimum absolute atomic E-state index is 0.0955. The highest BCUT2D eigenvalue weighted by Gasteiger charge is 2.40. The van der Waals surface area contributed by atoms with Crippen molar-refractivity contribution in [2.45, 2.75) is 13.3 Å². The molecule has 0 aromatic heterocycles. The summed E-state index contributed by atoms with van der Waals surface area (Å²) < 4.78 is 0. The van der Waals surface area contributed by atoms with Crippen LogP contribution in [0.3, 0.4) is 0 Å². The van der Waals surface area contributed by atoms with Crippen LogP contribution in [0, 0.1) is 5.41 Å². The molecule has 10 heavy (non-hydrogen) atoms. The Labute approximate surface area is 61.3 Å². The summed E-state index contributed by atoms with van der Waals surface area (Å²) in [5, 5.41) is 3.10. The molecule has 0 spiro atoms. The van der Waals surface area contributed by atoms with Gasteiger partial charge >= 0.3 is 0 Å². The largest absolute Gasteiger partial charge is 0.315 e. The number of rotatable bonds is 3. The van der Waals surface area contributed by atoms with E-state index in [1.807, 2.05) is 6.92 Å². The summed E-state index contributed by atoms with van der Waals surface area (Å²) in [4.78, 5) is 11.2. The summed E-state index contributed by atoms with van der Waals surface area (Å²) in [5.41, 5.74) is -0.0955. The highest BCUT2D eigenvalue weighted by Crippen LogP contribution is 2.27. The maximum atomic E-state index is 11.2. The first-order valence-corrected chi connectivity index (χ1v) is 3.63. The molecule has 0 saturated carbocycles. The fourth-order valence-electron chi connectivity index (χ4n) is 1.24. The summed E-state index contributed by atoms with van der Waals surface area (Å²) in [7, 11) is 0.